The predicted octanol–water partition coefficient (Wildman–Crippen LogP) is 2.83. The van der Waals surface area contributed by atoms with Crippen LogP contribution in [0.2, 0.25) is 0 Å². The Labute approximate surface area is 101 Å². The second kappa shape index (κ2) is 3.81. The number of aliphatic hydroxyl groups is 1. The number of fused-ring (bicyclic) bond motifs is 2. The molecule has 0 amide bonds. The van der Waals surface area contributed by atoms with Gasteiger partial charge in [-0.3, -0.25) is 4.98 Å². The number of aliphatic hydroxyl groups excluding tert-OH is 1. The molecule has 0 unspecified atom stereocenters. The first-order valence-electron chi connectivity index (χ1n) is 6.23. The Morgan fingerprint density at radius 3 is 2.82 bits per heavy atom. The van der Waals surface area contributed by atoms with Gasteiger partial charge in [-0.2, -0.15) is 0 Å². The fourth-order valence-electron chi connectivity index (χ4n) is 2.84. The van der Waals surface area contributed by atoms with Crippen molar-refractivity contribution in [2.45, 2.75) is 39.7 Å². The van der Waals surface area contributed by atoms with Gasteiger partial charge in [-0.05, 0) is 55.4 Å². The molecule has 17 heavy (non-hydrogen) atoms. The van der Waals surface area contributed by atoms with Crippen LogP contribution in [0.5, 0.6) is 0 Å². The van der Waals surface area contributed by atoms with E-state index in [2.05, 4.69) is 26.0 Å². The molecule has 1 N–H and O–H groups in total. The van der Waals surface area contributed by atoms with Crippen LogP contribution in [0, 0.1) is 13.8 Å². The lowest BCUT2D eigenvalue weighted by Gasteiger charge is -2.13. The molecular formula is C15H17NO. The first kappa shape index (κ1) is 10.7. The van der Waals surface area contributed by atoms with Crippen LogP contribution in [0.25, 0.3) is 10.9 Å². The quantitative estimate of drug-likeness (QED) is 0.812. The van der Waals surface area contributed by atoms with E-state index in [9.17, 15) is 5.11 Å². The Morgan fingerprint density at radius 2 is 2.06 bits per heavy atom. The van der Waals surface area contributed by atoms with Crippen LogP contribution in [-0.2, 0) is 19.4 Å². The summed E-state index contributed by atoms with van der Waals surface area (Å²) in [6.45, 7) is 4.36. The summed E-state index contributed by atoms with van der Waals surface area (Å²) in [5, 5.41) is 10.8. The molecule has 0 bridgehead atoms. The largest absolute Gasteiger partial charge is 0.392 e. The summed E-state index contributed by atoms with van der Waals surface area (Å²) >= 11 is 0. The molecule has 0 atom stereocenters. The highest BCUT2D eigenvalue weighted by atomic mass is 16.3. The minimum atomic E-state index is 0.129. The monoisotopic (exact) mass is 227 g/mol. The average molecular weight is 227 g/mol. The maximum atomic E-state index is 9.63. The maximum Gasteiger partial charge on any atom is 0.0740 e. The van der Waals surface area contributed by atoms with Crippen LogP contribution in [0.4, 0.5) is 0 Å². The lowest BCUT2D eigenvalue weighted by Crippen LogP contribution is -2.00. The van der Waals surface area contributed by atoms with Gasteiger partial charge in [0, 0.05) is 11.1 Å². The molecule has 0 saturated heterocycles. The molecule has 0 spiro atoms. The topological polar surface area (TPSA) is 33.1 Å². The number of hydrogen-bond acceptors (Lipinski definition) is 2. The Balaban J connectivity index is 2.44. The summed E-state index contributed by atoms with van der Waals surface area (Å²) < 4.78 is 0. The van der Waals surface area contributed by atoms with Gasteiger partial charge in [0.2, 0.25) is 0 Å². The number of hydrogen-bond donors (Lipinski definition) is 1. The molecular weight excluding hydrogens is 210 g/mol. The van der Waals surface area contributed by atoms with Crippen molar-refractivity contribution >= 4 is 10.9 Å². The normalized spacial score (nSPS) is 14.3. The Hall–Kier alpha value is -1.41. The van der Waals surface area contributed by atoms with Crippen molar-refractivity contribution in [3.8, 4) is 0 Å². The summed E-state index contributed by atoms with van der Waals surface area (Å²) in [6.07, 6.45) is 3.30. The molecule has 1 aromatic carbocycles. The van der Waals surface area contributed by atoms with E-state index in [1.807, 2.05) is 0 Å². The van der Waals surface area contributed by atoms with Gasteiger partial charge in [0.25, 0.3) is 0 Å². The molecule has 1 heterocycles. The second-order valence-electron chi connectivity index (χ2n) is 4.93. The molecule has 2 heteroatoms. The van der Waals surface area contributed by atoms with E-state index in [0.29, 0.717) is 0 Å². The Bertz CT molecular complexity index is 602. The molecule has 2 nitrogen and oxygen atoms in total. The molecule has 0 fully saturated rings. The van der Waals surface area contributed by atoms with Gasteiger partial charge in [-0.1, -0.05) is 12.1 Å². The highest BCUT2D eigenvalue weighted by Crippen LogP contribution is 2.31. The van der Waals surface area contributed by atoms with Gasteiger partial charge in [0.1, 0.15) is 0 Å². The van der Waals surface area contributed by atoms with Gasteiger partial charge in [-0.15, -0.1) is 0 Å². The highest BCUT2D eigenvalue weighted by molar-refractivity contribution is 5.87. The lowest BCUT2D eigenvalue weighted by atomic mass is 9.98. The molecule has 1 aromatic heterocycles. The highest BCUT2D eigenvalue weighted by Gasteiger charge is 2.19. The third-order valence-corrected chi connectivity index (χ3v) is 3.98. The molecule has 1 aliphatic carbocycles. The molecule has 88 valence electrons. The molecule has 3 rings (SSSR count). The molecule has 2 aromatic rings. The van der Waals surface area contributed by atoms with Crippen molar-refractivity contribution in [3.63, 3.8) is 0 Å². The van der Waals surface area contributed by atoms with Crippen LogP contribution in [-0.4, -0.2) is 10.1 Å². The van der Waals surface area contributed by atoms with Crippen molar-refractivity contribution in [3.05, 3.63) is 40.1 Å². The van der Waals surface area contributed by atoms with E-state index in [1.165, 1.54) is 28.8 Å². The molecule has 0 radical (unpaired) electrons. The first-order chi connectivity index (χ1) is 8.22. The molecule has 0 aliphatic heterocycles. The van der Waals surface area contributed by atoms with Gasteiger partial charge < -0.3 is 5.11 Å². The van der Waals surface area contributed by atoms with Crippen LogP contribution >= 0.6 is 0 Å². The summed E-state index contributed by atoms with van der Waals surface area (Å²) in [6, 6.07) is 4.23. The summed E-state index contributed by atoms with van der Waals surface area (Å²) in [4.78, 5) is 4.81. The van der Waals surface area contributed by atoms with Crippen molar-refractivity contribution in [1.82, 2.24) is 4.98 Å². The van der Waals surface area contributed by atoms with Crippen molar-refractivity contribution in [2.75, 3.05) is 0 Å². The van der Waals surface area contributed by atoms with E-state index in [0.717, 1.165) is 29.3 Å². The van der Waals surface area contributed by atoms with E-state index < -0.39 is 0 Å². The van der Waals surface area contributed by atoms with E-state index in [-0.39, 0.29) is 6.61 Å². The predicted molar refractivity (Wildman–Crippen MR) is 69.2 cm³/mol. The van der Waals surface area contributed by atoms with Gasteiger partial charge in [-0.25, -0.2) is 0 Å². The van der Waals surface area contributed by atoms with E-state index in [1.54, 1.807) is 0 Å². The second-order valence-corrected chi connectivity index (χ2v) is 4.93. The molecule has 0 saturated carbocycles. The number of pyridine rings is 1. The van der Waals surface area contributed by atoms with E-state index >= 15 is 0 Å². The minimum Gasteiger partial charge on any atom is -0.392 e. The van der Waals surface area contributed by atoms with Crippen LogP contribution in [0.15, 0.2) is 12.1 Å². The van der Waals surface area contributed by atoms with Gasteiger partial charge in [0.15, 0.2) is 0 Å². The summed E-state index contributed by atoms with van der Waals surface area (Å²) in [5.74, 6) is 0. The standard InChI is InChI=1S/C15H17NO/c1-9-6-7-12-13(8-17)11-4-3-5-14(11)16-15(12)10(9)2/h6-7,17H,3-5,8H2,1-2H3. The van der Waals surface area contributed by atoms with Crippen molar-refractivity contribution in [2.24, 2.45) is 0 Å². The van der Waals surface area contributed by atoms with Crippen LogP contribution in [0.1, 0.15) is 34.4 Å². The number of nitrogens with zero attached hydrogens (tertiary/aromatic N) is 1. The number of benzene rings is 1. The fraction of sp³-hybridized carbons (Fsp3) is 0.400. The third-order valence-electron chi connectivity index (χ3n) is 3.98. The van der Waals surface area contributed by atoms with Gasteiger partial charge >= 0.3 is 0 Å². The SMILES string of the molecule is Cc1ccc2c(CO)c3c(nc2c1C)CCC3. The Morgan fingerprint density at radius 1 is 1.24 bits per heavy atom. The fourth-order valence-corrected chi connectivity index (χ4v) is 2.84. The summed E-state index contributed by atoms with van der Waals surface area (Å²) in [7, 11) is 0. The summed E-state index contributed by atoms with van der Waals surface area (Å²) in [5.41, 5.74) is 7.19. The zero-order chi connectivity index (χ0) is 12.0. The van der Waals surface area contributed by atoms with Gasteiger partial charge in [0.05, 0.1) is 12.1 Å². The van der Waals surface area contributed by atoms with Crippen LogP contribution in [0.3, 0.4) is 0 Å². The smallest absolute Gasteiger partial charge is 0.0740 e. The zero-order valence-electron chi connectivity index (χ0n) is 10.4. The Kier molecular flexibility index (Phi) is 2.40. The minimum absolute atomic E-state index is 0.129. The average Bonchev–Trinajstić information content (AvgIpc) is 2.79. The zero-order valence-corrected chi connectivity index (χ0v) is 10.4. The van der Waals surface area contributed by atoms with Crippen molar-refractivity contribution in [1.29, 1.82) is 0 Å². The van der Waals surface area contributed by atoms with Crippen molar-refractivity contribution < 1.29 is 5.11 Å². The number of rotatable bonds is 1. The number of aromatic nitrogens is 1. The maximum absolute atomic E-state index is 9.63. The lowest BCUT2D eigenvalue weighted by molar-refractivity contribution is 0.282. The third kappa shape index (κ3) is 1.48. The number of aryl methyl sites for hydroxylation is 3. The molecule has 1 aliphatic rings. The van der Waals surface area contributed by atoms with E-state index in [4.69, 9.17) is 4.98 Å². The van der Waals surface area contributed by atoms with Crippen LogP contribution < -0.4 is 0 Å². The first-order valence-corrected chi connectivity index (χ1v) is 6.23.